The summed E-state index contributed by atoms with van der Waals surface area (Å²) >= 11 is 5.77. The third-order valence-electron chi connectivity index (χ3n) is 2.39. The van der Waals surface area contributed by atoms with E-state index >= 15 is 0 Å². The third kappa shape index (κ3) is 4.07. The Morgan fingerprint density at radius 2 is 2.12 bits per heavy atom. The molecule has 0 radical (unpaired) electrons. The van der Waals surface area contributed by atoms with Crippen LogP contribution in [0.2, 0.25) is 5.02 Å². The van der Waals surface area contributed by atoms with Crippen molar-refractivity contribution in [3.63, 3.8) is 0 Å². The van der Waals surface area contributed by atoms with E-state index in [0.717, 1.165) is 0 Å². The van der Waals surface area contributed by atoms with E-state index in [-0.39, 0.29) is 18.4 Å². The summed E-state index contributed by atoms with van der Waals surface area (Å²) in [5, 5.41) is 3.05. The number of halogens is 1. The van der Waals surface area contributed by atoms with Crippen molar-refractivity contribution in [2.75, 3.05) is 20.1 Å². The summed E-state index contributed by atoms with van der Waals surface area (Å²) in [4.78, 5) is 24.7. The lowest BCUT2D eigenvalue weighted by molar-refractivity contribution is -0.128. The quantitative estimate of drug-likeness (QED) is 0.886. The highest BCUT2D eigenvalue weighted by Crippen LogP contribution is 2.10. The van der Waals surface area contributed by atoms with Crippen LogP contribution in [0.25, 0.3) is 0 Å². The van der Waals surface area contributed by atoms with Gasteiger partial charge in [-0.2, -0.15) is 0 Å². The Balaban J connectivity index is 2.53. The highest BCUT2D eigenvalue weighted by Gasteiger charge is 2.10. The van der Waals surface area contributed by atoms with Crippen LogP contribution in [0, 0.1) is 0 Å². The van der Waals surface area contributed by atoms with Gasteiger partial charge in [-0.05, 0) is 25.1 Å². The molecule has 0 atom stereocenters. The van der Waals surface area contributed by atoms with Gasteiger partial charge in [0.2, 0.25) is 5.91 Å². The van der Waals surface area contributed by atoms with E-state index < -0.39 is 0 Å². The summed E-state index contributed by atoms with van der Waals surface area (Å²) < 4.78 is 0. The molecular formula is C12H15ClN2O2. The van der Waals surface area contributed by atoms with Crippen LogP contribution in [0.1, 0.15) is 17.3 Å². The van der Waals surface area contributed by atoms with Crippen LogP contribution in [-0.4, -0.2) is 36.9 Å². The molecule has 1 aromatic carbocycles. The smallest absolute Gasteiger partial charge is 0.251 e. The van der Waals surface area contributed by atoms with Crippen molar-refractivity contribution < 1.29 is 9.59 Å². The van der Waals surface area contributed by atoms with Gasteiger partial charge in [-0.15, -0.1) is 0 Å². The van der Waals surface area contributed by atoms with Gasteiger partial charge in [0.05, 0.1) is 6.54 Å². The molecule has 2 amide bonds. The van der Waals surface area contributed by atoms with Crippen LogP contribution >= 0.6 is 11.6 Å². The van der Waals surface area contributed by atoms with Gasteiger partial charge >= 0.3 is 0 Å². The lowest BCUT2D eigenvalue weighted by atomic mass is 10.2. The number of rotatable bonds is 4. The Morgan fingerprint density at radius 1 is 1.41 bits per heavy atom. The Bertz CT molecular complexity index is 421. The van der Waals surface area contributed by atoms with Crippen molar-refractivity contribution in [2.45, 2.75) is 6.92 Å². The SMILES string of the molecule is CCN(C)C(=O)CNC(=O)c1cccc(Cl)c1. The van der Waals surface area contributed by atoms with Crippen LogP contribution in [0.5, 0.6) is 0 Å². The van der Waals surface area contributed by atoms with Crippen LogP contribution in [0.15, 0.2) is 24.3 Å². The van der Waals surface area contributed by atoms with Crippen molar-refractivity contribution in [2.24, 2.45) is 0 Å². The van der Waals surface area contributed by atoms with Crippen molar-refractivity contribution in [3.8, 4) is 0 Å². The zero-order chi connectivity index (χ0) is 12.8. The second kappa shape index (κ2) is 6.25. The maximum Gasteiger partial charge on any atom is 0.251 e. The van der Waals surface area contributed by atoms with Gasteiger partial charge in [0.15, 0.2) is 0 Å². The topological polar surface area (TPSA) is 49.4 Å². The molecule has 5 heteroatoms. The number of hydrogen-bond acceptors (Lipinski definition) is 2. The van der Waals surface area contributed by atoms with Crippen LogP contribution in [-0.2, 0) is 4.79 Å². The number of amides is 2. The van der Waals surface area contributed by atoms with Crippen LogP contribution in [0.3, 0.4) is 0 Å². The minimum atomic E-state index is -0.301. The Hall–Kier alpha value is -1.55. The van der Waals surface area contributed by atoms with Crippen LogP contribution < -0.4 is 5.32 Å². The number of benzene rings is 1. The molecule has 0 aliphatic heterocycles. The minimum absolute atomic E-state index is 0.00428. The normalized spacial score (nSPS) is 9.82. The zero-order valence-electron chi connectivity index (χ0n) is 9.87. The number of carbonyl (C=O) groups excluding carboxylic acids is 2. The van der Waals surface area contributed by atoms with Crippen molar-refractivity contribution in [1.29, 1.82) is 0 Å². The van der Waals surface area contributed by atoms with E-state index in [4.69, 9.17) is 11.6 Å². The molecule has 0 aliphatic rings. The molecule has 1 N–H and O–H groups in total. The van der Waals surface area contributed by atoms with E-state index in [2.05, 4.69) is 5.32 Å². The molecule has 0 spiro atoms. The summed E-state index contributed by atoms with van der Waals surface area (Å²) in [5.74, 6) is -0.423. The van der Waals surface area contributed by atoms with Gasteiger partial charge in [0.25, 0.3) is 5.91 Å². The Labute approximate surface area is 106 Å². The van der Waals surface area contributed by atoms with Crippen molar-refractivity contribution in [1.82, 2.24) is 10.2 Å². The first kappa shape index (κ1) is 13.5. The zero-order valence-corrected chi connectivity index (χ0v) is 10.6. The number of carbonyl (C=O) groups is 2. The number of hydrogen-bond donors (Lipinski definition) is 1. The van der Waals surface area contributed by atoms with E-state index in [1.807, 2.05) is 6.92 Å². The number of nitrogens with zero attached hydrogens (tertiary/aromatic N) is 1. The largest absolute Gasteiger partial charge is 0.345 e. The molecule has 4 nitrogen and oxygen atoms in total. The fraction of sp³-hybridized carbons (Fsp3) is 0.333. The van der Waals surface area contributed by atoms with Gasteiger partial charge in [-0.1, -0.05) is 17.7 Å². The molecule has 0 bridgehead atoms. The highest BCUT2D eigenvalue weighted by atomic mass is 35.5. The summed E-state index contributed by atoms with van der Waals surface area (Å²) in [6.45, 7) is 2.48. The third-order valence-corrected chi connectivity index (χ3v) is 2.62. The molecule has 0 aromatic heterocycles. The van der Waals surface area contributed by atoms with Gasteiger partial charge in [-0.25, -0.2) is 0 Å². The van der Waals surface area contributed by atoms with E-state index in [1.54, 1.807) is 31.3 Å². The Morgan fingerprint density at radius 3 is 2.71 bits per heavy atom. The van der Waals surface area contributed by atoms with Crippen molar-refractivity contribution in [3.05, 3.63) is 34.9 Å². The maximum absolute atomic E-state index is 11.7. The summed E-state index contributed by atoms with van der Waals surface area (Å²) in [7, 11) is 1.69. The van der Waals surface area contributed by atoms with Gasteiger partial charge in [0.1, 0.15) is 0 Å². The molecule has 1 rings (SSSR count). The summed E-state index contributed by atoms with van der Waals surface area (Å²) in [6, 6.07) is 6.59. The molecule has 17 heavy (non-hydrogen) atoms. The first-order valence-electron chi connectivity index (χ1n) is 5.32. The number of likely N-dealkylation sites (N-methyl/N-ethyl adjacent to an activating group) is 1. The molecule has 1 aromatic rings. The van der Waals surface area contributed by atoms with E-state index in [0.29, 0.717) is 17.1 Å². The second-order valence-electron chi connectivity index (χ2n) is 3.60. The van der Waals surface area contributed by atoms with Gasteiger partial charge in [0, 0.05) is 24.2 Å². The molecular weight excluding hydrogens is 240 g/mol. The first-order valence-corrected chi connectivity index (χ1v) is 5.70. The molecule has 92 valence electrons. The standard InChI is InChI=1S/C12H15ClN2O2/c1-3-15(2)11(16)8-14-12(17)9-5-4-6-10(13)7-9/h4-7H,3,8H2,1-2H3,(H,14,17). The molecule has 0 unspecified atom stereocenters. The predicted octanol–water partition coefficient (Wildman–Crippen LogP) is 1.55. The highest BCUT2D eigenvalue weighted by molar-refractivity contribution is 6.30. The predicted molar refractivity (Wildman–Crippen MR) is 67.1 cm³/mol. The van der Waals surface area contributed by atoms with Crippen LogP contribution in [0.4, 0.5) is 0 Å². The first-order chi connectivity index (χ1) is 8.04. The monoisotopic (exact) mass is 254 g/mol. The molecule has 0 saturated carbocycles. The molecule has 0 aliphatic carbocycles. The Kier molecular flexibility index (Phi) is 4.97. The fourth-order valence-electron chi connectivity index (χ4n) is 1.20. The number of nitrogens with one attached hydrogen (secondary N) is 1. The summed E-state index contributed by atoms with van der Waals surface area (Å²) in [6.07, 6.45) is 0. The maximum atomic E-state index is 11.7. The summed E-state index contributed by atoms with van der Waals surface area (Å²) in [5.41, 5.74) is 0.449. The molecule has 0 saturated heterocycles. The lowest BCUT2D eigenvalue weighted by Crippen LogP contribution is -2.37. The fourth-order valence-corrected chi connectivity index (χ4v) is 1.39. The minimum Gasteiger partial charge on any atom is -0.345 e. The van der Waals surface area contributed by atoms with Gasteiger partial charge in [-0.3, -0.25) is 9.59 Å². The van der Waals surface area contributed by atoms with Crippen molar-refractivity contribution >= 4 is 23.4 Å². The molecule has 0 heterocycles. The second-order valence-corrected chi connectivity index (χ2v) is 4.04. The van der Waals surface area contributed by atoms with Gasteiger partial charge < -0.3 is 10.2 Å². The van der Waals surface area contributed by atoms with E-state index in [1.165, 1.54) is 4.90 Å². The van der Waals surface area contributed by atoms with E-state index in [9.17, 15) is 9.59 Å². The average Bonchev–Trinajstić information content (AvgIpc) is 2.34. The lowest BCUT2D eigenvalue weighted by Gasteiger charge is -2.14. The molecule has 0 fully saturated rings. The average molecular weight is 255 g/mol.